The van der Waals surface area contributed by atoms with Crippen molar-refractivity contribution in [2.75, 3.05) is 6.61 Å². The number of carboxylic acid groups (broad SMARTS) is 1. The van der Waals surface area contributed by atoms with Crippen molar-refractivity contribution in [1.29, 1.82) is 0 Å². The van der Waals surface area contributed by atoms with Gasteiger partial charge in [0, 0.05) is 6.04 Å². The van der Waals surface area contributed by atoms with Gasteiger partial charge in [-0.25, -0.2) is 0 Å². The minimum absolute atomic E-state index is 0.127. The van der Waals surface area contributed by atoms with Gasteiger partial charge in [0.2, 0.25) is 0 Å². The van der Waals surface area contributed by atoms with Crippen LogP contribution in [-0.4, -0.2) is 29.6 Å². The number of hydrogen-bond donors (Lipinski definition) is 2. The highest BCUT2D eigenvalue weighted by molar-refractivity contribution is 5.79. The summed E-state index contributed by atoms with van der Waals surface area (Å²) in [7, 11) is 0. The summed E-state index contributed by atoms with van der Waals surface area (Å²) in [5, 5.41) is 11.5. The van der Waals surface area contributed by atoms with Crippen LogP contribution in [0, 0.1) is 5.92 Å². The van der Waals surface area contributed by atoms with E-state index in [0.717, 1.165) is 5.56 Å². The summed E-state index contributed by atoms with van der Waals surface area (Å²) in [5.41, 5.74) is 1.14. The smallest absolute Gasteiger partial charge is 0.308 e. The third kappa shape index (κ3) is 5.45. The molecule has 21 heavy (non-hydrogen) atoms. The van der Waals surface area contributed by atoms with Crippen LogP contribution >= 0.6 is 0 Å². The number of carbonyl (C=O) groups excluding carboxylic acids is 1. The molecule has 1 aromatic rings. The Balaban J connectivity index is 2.50. The summed E-state index contributed by atoms with van der Waals surface area (Å²) in [6.45, 7) is 7.26. The fourth-order valence-corrected chi connectivity index (χ4v) is 1.75. The zero-order valence-electron chi connectivity index (χ0n) is 12.9. The van der Waals surface area contributed by atoms with Gasteiger partial charge in [-0.15, -0.1) is 0 Å². The number of rotatable bonds is 7. The van der Waals surface area contributed by atoms with Crippen molar-refractivity contribution in [2.24, 2.45) is 5.92 Å². The molecule has 0 radical (unpaired) electrons. The van der Waals surface area contributed by atoms with E-state index in [1.165, 1.54) is 0 Å². The molecule has 5 heteroatoms. The topological polar surface area (TPSA) is 75.6 Å². The second kappa shape index (κ2) is 7.67. The molecule has 0 spiro atoms. The molecular formula is C16H23NO4. The van der Waals surface area contributed by atoms with E-state index < -0.39 is 17.9 Å². The highest BCUT2D eigenvalue weighted by Gasteiger charge is 2.20. The Morgan fingerprint density at radius 1 is 1.24 bits per heavy atom. The molecule has 116 valence electrons. The van der Waals surface area contributed by atoms with Crippen molar-refractivity contribution in [3.63, 3.8) is 0 Å². The Morgan fingerprint density at radius 2 is 1.90 bits per heavy atom. The number of carbonyl (C=O) groups is 2. The predicted molar refractivity (Wildman–Crippen MR) is 80.4 cm³/mol. The molecular weight excluding hydrogens is 270 g/mol. The predicted octanol–water partition coefficient (Wildman–Crippen LogP) is 2.41. The lowest BCUT2D eigenvalue weighted by Crippen LogP contribution is -2.42. The Kier molecular flexibility index (Phi) is 6.21. The van der Waals surface area contributed by atoms with Crippen LogP contribution in [0.2, 0.25) is 0 Å². The molecule has 0 saturated carbocycles. The van der Waals surface area contributed by atoms with Crippen molar-refractivity contribution in [3.05, 3.63) is 29.8 Å². The minimum atomic E-state index is -0.937. The van der Waals surface area contributed by atoms with Crippen LogP contribution in [0.5, 0.6) is 5.75 Å². The maximum atomic E-state index is 11.7. The maximum absolute atomic E-state index is 11.7. The summed E-state index contributed by atoms with van der Waals surface area (Å²) in [6, 6.07) is 7.15. The van der Waals surface area contributed by atoms with Crippen LogP contribution in [0.15, 0.2) is 24.3 Å². The largest absolute Gasteiger partial charge is 0.484 e. The second-order valence-corrected chi connectivity index (χ2v) is 5.50. The molecule has 1 amide bonds. The molecule has 0 saturated heterocycles. The van der Waals surface area contributed by atoms with Crippen LogP contribution < -0.4 is 10.1 Å². The Morgan fingerprint density at radius 3 is 2.48 bits per heavy atom. The van der Waals surface area contributed by atoms with E-state index >= 15 is 0 Å². The van der Waals surface area contributed by atoms with Gasteiger partial charge in [0.05, 0.1) is 5.92 Å². The Bertz CT molecular complexity index is 499. The van der Waals surface area contributed by atoms with Crippen LogP contribution in [0.1, 0.15) is 39.2 Å². The number of benzene rings is 1. The lowest BCUT2D eigenvalue weighted by atomic mass is 10.0. The van der Waals surface area contributed by atoms with E-state index in [1.807, 2.05) is 18.2 Å². The Labute approximate surface area is 125 Å². The molecule has 5 nitrogen and oxygen atoms in total. The van der Waals surface area contributed by atoms with Crippen molar-refractivity contribution < 1.29 is 19.4 Å². The molecule has 2 atom stereocenters. The van der Waals surface area contributed by atoms with Crippen molar-refractivity contribution >= 4 is 11.9 Å². The SMILES string of the molecule is CC(C)c1cccc(OCC(=O)NC(C)C(C)C(=O)O)c1. The zero-order chi connectivity index (χ0) is 16.0. The lowest BCUT2D eigenvalue weighted by molar-refractivity contribution is -0.142. The molecule has 0 aliphatic carbocycles. The van der Waals surface area contributed by atoms with Gasteiger partial charge >= 0.3 is 5.97 Å². The number of hydrogen-bond acceptors (Lipinski definition) is 3. The maximum Gasteiger partial charge on any atom is 0.308 e. The summed E-state index contributed by atoms with van der Waals surface area (Å²) < 4.78 is 5.44. The quantitative estimate of drug-likeness (QED) is 0.809. The number of nitrogens with one attached hydrogen (secondary N) is 1. The van der Waals surface area contributed by atoms with Gasteiger partial charge in [0.1, 0.15) is 5.75 Å². The lowest BCUT2D eigenvalue weighted by Gasteiger charge is -2.18. The van der Waals surface area contributed by atoms with E-state index in [9.17, 15) is 9.59 Å². The molecule has 0 fully saturated rings. The number of ether oxygens (including phenoxy) is 1. The minimum Gasteiger partial charge on any atom is -0.484 e. The van der Waals surface area contributed by atoms with E-state index in [2.05, 4.69) is 19.2 Å². The molecule has 0 heterocycles. The molecule has 1 aromatic carbocycles. The van der Waals surface area contributed by atoms with E-state index in [1.54, 1.807) is 19.9 Å². The molecule has 2 N–H and O–H groups in total. The fraction of sp³-hybridized carbons (Fsp3) is 0.500. The summed E-state index contributed by atoms with van der Waals surface area (Å²) in [4.78, 5) is 22.6. The number of carboxylic acids is 1. The molecule has 2 unspecified atom stereocenters. The average Bonchev–Trinajstić information content (AvgIpc) is 2.44. The van der Waals surface area contributed by atoms with Crippen molar-refractivity contribution in [3.8, 4) is 5.75 Å². The summed E-state index contributed by atoms with van der Waals surface area (Å²) in [5.74, 6) is -0.883. The summed E-state index contributed by atoms with van der Waals surface area (Å²) >= 11 is 0. The van der Waals surface area contributed by atoms with Crippen LogP contribution in [0.4, 0.5) is 0 Å². The standard InChI is InChI=1S/C16H23NO4/c1-10(2)13-6-5-7-14(8-13)21-9-15(18)17-12(4)11(3)16(19)20/h5-8,10-12H,9H2,1-4H3,(H,17,18)(H,19,20). The van der Waals surface area contributed by atoms with Gasteiger partial charge < -0.3 is 15.2 Å². The van der Waals surface area contributed by atoms with Gasteiger partial charge in [-0.05, 0) is 37.5 Å². The third-order valence-corrected chi connectivity index (χ3v) is 3.42. The van der Waals surface area contributed by atoms with Gasteiger partial charge in [-0.3, -0.25) is 9.59 Å². The van der Waals surface area contributed by atoms with Crippen molar-refractivity contribution in [1.82, 2.24) is 5.32 Å². The average molecular weight is 293 g/mol. The third-order valence-electron chi connectivity index (χ3n) is 3.42. The zero-order valence-corrected chi connectivity index (χ0v) is 12.9. The Hall–Kier alpha value is -2.04. The normalized spacial score (nSPS) is 13.6. The monoisotopic (exact) mass is 293 g/mol. The van der Waals surface area contributed by atoms with Gasteiger partial charge in [0.25, 0.3) is 5.91 Å². The van der Waals surface area contributed by atoms with E-state index in [0.29, 0.717) is 11.7 Å². The molecule has 0 aromatic heterocycles. The highest BCUT2D eigenvalue weighted by atomic mass is 16.5. The summed E-state index contributed by atoms with van der Waals surface area (Å²) in [6.07, 6.45) is 0. The first kappa shape index (κ1) is 17.0. The number of amides is 1. The van der Waals surface area contributed by atoms with Gasteiger partial charge in [-0.2, -0.15) is 0 Å². The second-order valence-electron chi connectivity index (χ2n) is 5.50. The molecule has 0 aliphatic heterocycles. The van der Waals surface area contributed by atoms with Crippen LogP contribution in [0.3, 0.4) is 0 Å². The van der Waals surface area contributed by atoms with E-state index in [-0.39, 0.29) is 12.5 Å². The highest BCUT2D eigenvalue weighted by Crippen LogP contribution is 2.19. The first-order valence-corrected chi connectivity index (χ1v) is 7.06. The van der Waals surface area contributed by atoms with Gasteiger partial charge in [0.15, 0.2) is 6.61 Å². The first-order chi connectivity index (χ1) is 9.81. The van der Waals surface area contributed by atoms with Crippen molar-refractivity contribution in [2.45, 2.75) is 39.7 Å². The fourth-order valence-electron chi connectivity index (χ4n) is 1.75. The van der Waals surface area contributed by atoms with Gasteiger partial charge in [-0.1, -0.05) is 26.0 Å². The van der Waals surface area contributed by atoms with Crippen LogP contribution in [0.25, 0.3) is 0 Å². The van der Waals surface area contributed by atoms with E-state index in [4.69, 9.17) is 9.84 Å². The molecule has 1 rings (SSSR count). The molecule has 0 aliphatic rings. The number of aliphatic carboxylic acids is 1. The molecule has 0 bridgehead atoms. The van der Waals surface area contributed by atoms with Crippen LogP contribution in [-0.2, 0) is 9.59 Å². The first-order valence-electron chi connectivity index (χ1n) is 7.06.